The van der Waals surface area contributed by atoms with E-state index in [0.29, 0.717) is 16.5 Å². The first-order valence-corrected chi connectivity index (χ1v) is 5.79. The molecule has 0 radical (unpaired) electrons. The first-order chi connectivity index (χ1) is 8.11. The maximum absolute atomic E-state index is 11.4. The highest BCUT2D eigenvalue weighted by molar-refractivity contribution is 7.15. The highest BCUT2D eigenvalue weighted by Gasteiger charge is 2.17. The van der Waals surface area contributed by atoms with Gasteiger partial charge in [0.1, 0.15) is 16.5 Å². The summed E-state index contributed by atoms with van der Waals surface area (Å²) >= 11 is 1.42. The molecule has 2 rings (SSSR count). The number of nitrogens with zero attached hydrogens (tertiary/aromatic N) is 3. The summed E-state index contributed by atoms with van der Waals surface area (Å²) in [5, 5.41) is 0.702. The fourth-order valence-corrected chi connectivity index (χ4v) is 2.24. The lowest BCUT2D eigenvalue weighted by Gasteiger charge is -1.96. The number of methoxy groups -OCH3 is 1. The lowest BCUT2D eigenvalue weighted by atomic mass is 10.4. The molecule has 0 amide bonds. The molecule has 6 heteroatoms. The third-order valence-electron chi connectivity index (χ3n) is 2.17. The number of aryl methyl sites for hydroxylation is 2. The van der Waals surface area contributed by atoms with E-state index >= 15 is 0 Å². The average molecular weight is 249 g/mol. The molecule has 88 valence electrons. The summed E-state index contributed by atoms with van der Waals surface area (Å²) in [6, 6.07) is 1.77. The van der Waals surface area contributed by atoms with E-state index in [-0.39, 0.29) is 0 Å². The van der Waals surface area contributed by atoms with Crippen molar-refractivity contribution in [1.29, 1.82) is 0 Å². The van der Waals surface area contributed by atoms with Gasteiger partial charge in [0.15, 0.2) is 5.69 Å². The van der Waals surface area contributed by atoms with Gasteiger partial charge in [-0.15, -0.1) is 11.3 Å². The van der Waals surface area contributed by atoms with Crippen LogP contribution in [0.2, 0.25) is 0 Å². The Bertz CT molecular complexity index is 566. The molecule has 17 heavy (non-hydrogen) atoms. The Hall–Kier alpha value is -1.82. The minimum atomic E-state index is -0.421. The summed E-state index contributed by atoms with van der Waals surface area (Å²) in [6.45, 7) is 3.65. The third-order valence-corrected chi connectivity index (χ3v) is 3.16. The van der Waals surface area contributed by atoms with E-state index in [2.05, 4.69) is 19.7 Å². The molecule has 0 bridgehead atoms. The van der Waals surface area contributed by atoms with E-state index in [9.17, 15) is 4.79 Å². The zero-order valence-electron chi connectivity index (χ0n) is 9.72. The predicted octanol–water partition coefficient (Wildman–Crippen LogP) is 2.00. The van der Waals surface area contributed by atoms with E-state index < -0.39 is 5.97 Å². The van der Waals surface area contributed by atoms with Crippen LogP contribution in [0.3, 0.4) is 0 Å². The molecule has 0 aliphatic carbocycles. The minimum Gasteiger partial charge on any atom is -0.464 e. The normalized spacial score (nSPS) is 10.3. The van der Waals surface area contributed by atoms with Crippen molar-refractivity contribution < 1.29 is 9.53 Å². The molecular formula is C11H11N3O2S. The van der Waals surface area contributed by atoms with Crippen molar-refractivity contribution in [3.8, 4) is 10.7 Å². The van der Waals surface area contributed by atoms with E-state index in [1.165, 1.54) is 18.4 Å². The lowest BCUT2D eigenvalue weighted by molar-refractivity contribution is 0.0594. The number of hydrogen-bond donors (Lipinski definition) is 0. The molecule has 0 unspecified atom stereocenters. The minimum absolute atomic E-state index is 0.351. The van der Waals surface area contributed by atoms with Gasteiger partial charge in [0, 0.05) is 11.1 Å². The number of rotatable bonds is 2. The molecule has 0 N–H and O–H groups in total. The Morgan fingerprint density at radius 2 is 2.12 bits per heavy atom. The fourth-order valence-electron chi connectivity index (χ4n) is 1.37. The molecular weight excluding hydrogens is 238 g/mol. The summed E-state index contributed by atoms with van der Waals surface area (Å²) in [4.78, 5) is 24.8. The van der Waals surface area contributed by atoms with E-state index in [1.807, 2.05) is 13.8 Å². The SMILES string of the molecule is COC(=O)c1nc(-c2ccnc(C)n2)sc1C. The van der Waals surface area contributed by atoms with E-state index in [1.54, 1.807) is 12.3 Å². The van der Waals surface area contributed by atoms with Crippen LogP contribution in [0.25, 0.3) is 10.7 Å². The molecule has 0 saturated heterocycles. The first kappa shape index (κ1) is 11.7. The highest BCUT2D eigenvalue weighted by Crippen LogP contribution is 2.26. The van der Waals surface area contributed by atoms with Gasteiger partial charge in [-0.2, -0.15) is 0 Å². The second kappa shape index (κ2) is 4.58. The van der Waals surface area contributed by atoms with Crippen molar-refractivity contribution in [1.82, 2.24) is 15.0 Å². The predicted molar refractivity (Wildman–Crippen MR) is 64.0 cm³/mol. The van der Waals surface area contributed by atoms with Gasteiger partial charge in [0.2, 0.25) is 0 Å². The van der Waals surface area contributed by atoms with Crippen LogP contribution in [0.1, 0.15) is 21.2 Å². The smallest absolute Gasteiger partial charge is 0.357 e. The summed E-state index contributed by atoms with van der Waals surface area (Å²) in [6.07, 6.45) is 1.67. The number of thiazole rings is 1. The van der Waals surface area contributed by atoms with Crippen LogP contribution in [0.5, 0.6) is 0 Å². The summed E-state index contributed by atoms with van der Waals surface area (Å²) in [5.74, 6) is 0.255. The maximum atomic E-state index is 11.4. The van der Waals surface area contributed by atoms with Gasteiger partial charge in [-0.05, 0) is 19.9 Å². The molecule has 0 saturated carbocycles. The van der Waals surface area contributed by atoms with E-state index in [4.69, 9.17) is 0 Å². The first-order valence-electron chi connectivity index (χ1n) is 4.97. The van der Waals surface area contributed by atoms with Gasteiger partial charge in [-0.1, -0.05) is 0 Å². The molecule has 5 nitrogen and oxygen atoms in total. The Kier molecular flexibility index (Phi) is 3.14. The molecule has 2 aromatic rings. The second-order valence-corrected chi connectivity index (χ2v) is 4.61. The molecule has 0 aliphatic rings. The topological polar surface area (TPSA) is 65.0 Å². The van der Waals surface area contributed by atoms with Gasteiger partial charge in [0.25, 0.3) is 0 Å². The van der Waals surface area contributed by atoms with Crippen LogP contribution < -0.4 is 0 Å². The highest BCUT2D eigenvalue weighted by atomic mass is 32.1. The van der Waals surface area contributed by atoms with E-state index in [0.717, 1.165) is 10.6 Å². The number of carbonyl (C=O) groups is 1. The number of esters is 1. The van der Waals surface area contributed by atoms with Gasteiger partial charge >= 0.3 is 5.97 Å². The monoisotopic (exact) mass is 249 g/mol. The van der Waals surface area contributed by atoms with Crippen LogP contribution >= 0.6 is 11.3 Å². The molecule has 0 atom stereocenters. The number of carbonyl (C=O) groups excluding carboxylic acids is 1. The summed E-state index contributed by atoms with van der Waals surface area (Å²) in [7, 11) is 1.34. The van der Waals surface area contributed by atoms with Crippen molar-refractivity contribution in [3.63, 3.8) is 0 Å². The van der Waals surface area contributed by atoms with Crippen LogP contribution in [0, 0.1) is 13.8 Å². The summed E-state index contributed by atoms with van der Waals surface area (Å²) in [5.41, 5.74) is 1.07. The lowest BCUT2D eigenvalue weighted by Crippen LogP contribution is -2.03. The molecule has 0 fully saturated rings. The molecule has 0 aliphatic heterocycles. The van der Waals surface area contributed by atoms with Gasteiger partial charge in [-0.25, -0.2) is 19.7 Å². The summed E-state index contributed by atoms with van der Waals surface area (Å²) < 4.78 is 4.66. The quantitative estimate of drug-likeness (QED) is 0.762. The van der Waals surface area contributed by atoms with Crippen molar-refractivity contribution >= 4 is 17.3 Å². The van der Waals surface area contributed by atoms with Crippen molar-refractivity contribution in [2.45, 2.75) is 13.8 Å². The zero-order chi connectivity index (χ0) is 12.4. The van der Waals surface area contributed by atoms with Gasteiger partial charge in [0.05, 0.1) is 7.11 Å². The zero-order valence-corrected chi connectivity index (χ0v) is 10.5. The Labute approximate surface area is 103 Å². The van der Waals surface area contributed by atoms with Crippen LogP contribution in [0.4, 0.5) is 0 Å². The molecule has 0 aromatic carbocycles. The van der Waals surface area contributed by atoms with Gasteiger partial charge in [-0.3, -0.25) is 0 Å². The number of aromatic nitrogens is 3. The largest absolute Gasteiger partial charge is 0.464 e. The Morgan fingerprint density at radius 1 is 1.35 bits per heavy atom. The number of ether oxygens (including phenoxy) is 1. The van der Waals surface area contributed by atoms with Crippen molar-refractivity contribution in [3.05, 3.63) is 28.7 Å². The third kappa shape index (κ3) is 2.31. The fraction of sp³-hybridized carbons (Fsp3) is 0.273. The standard InChI is InChI=1S/C11H11N3O2S/c1-6-9(11(15)16-3)14-10(17-6)8-4-5-12-7(2)13-8/h4-5H,1-3H3. The van der Waals surface area contributed by atoms with Crippen molar-refractivity contribution in [2.75, 3.05) is 7.11 Å². The number of hydrogen-bond acceptors (Lipinski definition) is 6. The Balaban J connectivity index is 2.44. The van der Waals surface area contributed by atoms with Crippen LogP contribution in [-0.4, -0.2) is 28.0 Å². The van der Waals surface area contributed by atoms with Crippen LogP contribution in [-0.2, 0) is 4.74 Å². The average Bonchev–Trinajstić information content (AvgIpc) is 2.70. The van der Waals surface area contributed by atoms with Crippen molar-refractivity contribution in [2.24, 2.45) is 0 Å². The second-order valence-electron chi connectivity index (χ2n) is 3.40. The molecule has 0 spiro atoms. The molecule has 2 aromatic heterocycles. The van der Waals surface area contributed by atoms with Crippen LogP contribution in [0.15, 0.2) is 12.3 Å². The van der Waals surface area contributed by atoms with Gasteiger partial charge < -0.3 is 4.74 Å². The molecule has 2 heterocycles. The maximum Gasteiger partial charge on any atom is 0.357 e. The Morgan fingerprint density at radius 3 is 2.76 bits per heavy atom.